The monoisotopic (exact) mass is 296 g/mol. The zero-order valence-corrected chi connectivity index (χ0v) is 13.3. The molecule has 6 heteroatoms. The van der Waals surface area contributed by atoms with Crippen LogP contribution in [-0.2, 0) is 4.74 Å². The number of aromatic nitrogens is 2. The van der Waals surface area contributed by atoms with Gasteiger partial charge < -0.3 is 15.4 Å². The summed E-state index contributed by atoms with van der Waals surface area (Å²) in [7, 11) is 0. The minimum atomic E-state index is 0.190. The Morgan fingerprint density at radius 3 is 2.90 bits per heavy atom. The van der Waals surface area contributed by atoms with Gasteiger partial charge in [0.15, 0.2) is 0 Å². The van der Waals surface area contributed by atoms with Crippen LogP contribution in [-0.4, -0.2) is 46.8 Å². The van der Waals surface area contributed by atoms with E-state index in [4.69, 9.17) is 4.74 Å². The van der Waals surface area contributed by atoms with Crippen LogP contribution in [0.3, 0.4) is 0 Å². The predicted molar refractivity (Wildman–Crippen MR) is 85.6 cm³/mol. The zero-order chi connectivity index (χ0) is 14.4. The number of nitrogens with one attached hydrogen (secondary N) is 2. The van der Waals surface area contributed by atoms with E-state index >= 15 is 0 Å². The van der Waals surface area contributed by atoms with Crippen LogP contribution >= 0.6 is 11.8 Å². The topological polar surface area (TPSA) is 59.1 Å². The van der Waals surface area contributed by atoms with Crippen LogP contribution in [0.2, 0.25) is 0 Å². The highest BCUT2D eigenvalue weighted by Gasteiger charge is 2.16. The first-order chi connectivity index (χ1) is 9.59. The Balaban J connectivity index is 1.90. The molecule has 5 nitrogen and oxygen atoms in total. The van der Waals surface area contributed by atoms with Gasteiger partial charge in [0.05, 0.1) is 12.6 Å². The molecule has 1 fully saturated rings. The molecule has 1 saturated heterocycles. The van der Waals surface area contributed by atoms with Gasteiger partial charge in [0.1, 0.15) is 18.0 Å². The molecule has 0 aliphatic carbocycles. The van der Waals surface area contributed by atoms with E-state index in [1.807, 2.05) is 17.8 Å². The molecule has 0 aromatic carbocycles. The van der Waals surface area contributed by atoms with Gasteiger partial charge in [-0.3, -0.25) is 0 Å². The Morgan fingerprint density at radius 2 is 2.20 bits per heavy atom. The minimum absolute atomic E-state index is 0.190. The average Bonchev–Trinajstić information content (AvgIpc) is 2.47. The maximum atomic E-state index is 5.47. The fourth-order valence-corrected chi connectivity index (χ4v) is 2.19. The van der Waals surface area contributed by atoms with Gasteiger partial charge in [-0.1, -0.05) is 0 Å². The lowest BCUT2D eigenvalue weighted by atomic mass is 10.1. The lowest BCUT2D eigenvalue weighted by Gasteiger charge is -2.24. The van der Waals surface area contributed by atoms with E-state index in [2.05, 4.69) is 40.7 Å². The molecule has 2 heterocycles. The normalized spacial score (nSPS) is 19.6. The smallest absolute Gasteiger partial charge is 0.131 e. The number of nitrogens with zero attached hydrogens (tertiary/aromatic N) is 2. The molecule has 1 atom stereocenters. The van der Waals surface area contributed by atoms with Crippen LogP contribution in [0.15, 0.2) is 12.4 Å². The first-order valence-corrected chi connectivity index (χ1v) is 8.27. The Kier molecular flexibility index (Phi) is 5.48. The molecule has 0 unspecified atom stereocenters. The third-order valence-electron chi connectivity index (χ3n) is 3.43. The standard InChI is InChI=1S/C14H24N4OS/c1-14(2,20-3)9-15-12-7-13(17-10-16-12)18-11-5-4-6-19-8-11/h7,10-11H,4-6,8-9H2,1-3H3,(H2,15,16,17,18)/t11-/m1/s1. The molecule has 0 amide bonds. The van der Waals surface area contributed by atoms with Crippen molar-refractivity contribution in [3.05, 3.63) is 12.4 Å². The molecule has 112 valence electrons. The van der Waals surface area contributed by atoms with Crippen molar-refractivity contribution >= 4 is 23.4 Å². The molecule has 1 aromatic rings. The lowest BCUT2D eigenvalue weighted by molar-refractivity contribution is 0.0875. The summed E-state index contributed by atoms with van der Waals surface area (Å²) in [6.45, 7) is 6.93. The zero-order valence-electron chi connectivity index (χ0n) is 12.5. The number of hydrogen-bond acceptors (Lipinski definition) is 6. The van der Waals surface area contributed by atoms with Crippen LogP contribution in [0.4, 0.5) is 11.6 Å². The third kappa shape index (κ3) is 4.83. The number of thioether (sulfide) groups is 1. The molecule has 0 saturated carbocycles. The second kappa shape index (κ2) is 7.13. The molecule has 2 N–H and O–H groups in total. The Bertz CT molecular complexity index is 421. The van der Waals surface area contributed by atoms with Gasteiger partial charge in [-0.15, -0.1) is 0 Å². The third-order valence-corrected chi connectivity index (χ3v) is 4.68. The maximum Gasteiger partial charge on any atom is 0.131 e. The summed E-state index contributed by atoms with van der Waals surface area (Å²) in [4.78, 5) is 8.54. The van der Waals surface area contributed by atoms with E-state index < -0.39 is 0 Å². The molecule has 1 aliphatic heterocycles. The van der Waals surface area contributed by atoms with Crippen molar-refractivity contribution in [1.29, 1.82) is 0 Å². The fourth-order valence-electron chi connectivity index (χ4n) is 1.97. The van der Waals surface area contributed by atoms with E-state index in [0.717, 1.165) is 44.2 Å². The average molecular weight is 296 g/mol. The number of ether oxygens (including phenoxy) is 1. The summed E-state index contributed by atoms with van der Waals surface area (Å²) in [5.74, 6) is 1.72. The quantitative estimate of drug-likeness (QED) is 0.841. The van der Waals surface area contributed by atoms with Crippen molar-refractivity contribution in [2.45, 2.75) is 37.5 Å². The van der Waals surface area contributed by atoms with Crippen molar-refractivity contribution in [3.63, 3.8) is 0 Å². The molecule has 20 heavy (non-hydrogen) atoms. The number of hydrogen-bond donors (Lipinski definition) is 2. The largest absolute Gasteiger partial charge is 0.379 e. The fraction of sp³-hybridized carbons (Fsp3) is 0.714. The molecule has 1 aromatic heterocycles. The summed E-state index contributed by atoms with van der Waals surface area (Å²) >= 11 is 1.84. The van der Waals surface area contributed by atoms with Gasteiger partial charge in [0.25, 0.3) is 0 Å². The van der Waals surface area contributed by atoms with Gasteiger partial charge in [-0.05, 0) is 32.9 Å². The SMILES string of the molecule is CSC(C)(C)CNc1cc(N[C@@H]2CCCOC2)ncn1. The van der Waals surface area contributed by atoms with Gasteiger partial charge in [0.2, 0.25) is 0 Å². The van der Waals surface area contributed by atoms with Crippen molar-refractivity contribution in [1.82, 2.24) is 9.97 Å². The highest BCUT2D eigenvalue weighted by molar-refractivity contribution is 7.99. The first kappa shape index (κ1) is 15.4. The van der Waals surface area contributed by atoms with Crippen molar-refractivity contribution < 1.29 is 4.74 Å². The van der Waals surface area contributed by atoms with E-state index in [-0.39, 0.29) is 4.75 Å². The second-order valence-corrected chi connectivity index (χ2v) is 7.18. The van der Waals surface area contributed by atoms with Crippen LogP contribution in [0.25, 0.3) is 0 Å². The van der Waals surface area contributed by atoms with Gasteiger partial charge >= 0.3 is 0 Å². The van der Waals surface area contributed by atoms with Gasteiger partial charge in [-0.25, -0.2) is 9.97 Å². The van der Waals surface area contributed by atoms with Crippen LogP contribution < -0.4 is 10.6 Å². The Morgan fingerprint density at radius 1 is 1.40 bits per heavy atom. The van der Waals surface area contributed by atoms with Gasteiger partial charge in [-0.2, -0.15) is 11.8 Å². The second-order valence-electron chi connectivity index (χ2n) is 5.66. The van der Waals surface area contributed by atoms with E-state index in [1.165, 1.54) is 0 Å². The highest BCUT2D eigenvalue weighted by Crippen LogP contribution is 2.22. The summed E-state index contributed by atoms with van der Waals surface area (Å²) in [6.07, 6.45) is 5.96. The van der Waals surface area contributed by atoms with E-state index in [0.29, 0.717) is 6.04 Å². The number of anilines is 2. The molecule has 1 aliphatic rings. The highest BCUT2D eigenvalue weighted by atomic mass is 32.2. The summed E-state index contributed by atoms with van der Waals surface area (Å²) in [5.41, 5.74) is 0. The molecule has 0 bridgehead atoms. The van der Waals surface area contributed by atoms with Crippen molar-refractivity contribution in [2.75, 3.05) is 36.6 Å². The van der Waals surface area contributed by atoms with Crippen LogP contribution in [0.5, 0.6) is 0 Å². The summed E-state index contributed by atoms with van der Waals surface area (Å²) in [5, 5.41) is 6.78. The molecular weight excluding hydrogens is 272 g/mol. The first-order valence-electron chi connectivity index (χ1n) is 7.04. The van der Waals surface area contributed by atoms with E-state index in [9.17, 15) is 0 Å². The molecular formula is C14H24N4OS. The molecule has 0 spiro atoms. The lowest BCUT2D eigenvalue weighted by Crippen LogP contribution is -2.30. The van der Waals surface area contributed by atoms with Crippen LogP contribution in [0.1, 0.15) is 26.7 Å². The van der Waals surface area contributed by atoms with E-state index in [1.54, 1.807) is 6.33 Å². The molecule has 0 radical (unpaired) electrons. The number of rotatable bonds is 6. The summed E-state index contributed by atoms with van der Waals surface area (Å²) in [6, 6.07) is 2.32. The Labute approximate surface area is 125 Å². The van der Waals surface area contributed by atoms with Crippen molar-refractivity contribution in [2.24, 2.45) is 0 Å². The summed E-state index contributed by atoms with van der Waals surface area (Å²) < 4.78 is 5.66. The molecule has 2 rings (SSSR count). The van der Waals surface area contributed by atoms with Gasteiger partial charge in [0, 0.05) is 24.0 Å². The van der Waals surface area contributed by atoms with Crippen LogP contribution in [0, 0.1) is 0 Å². The Hall–Kier alpha value is -1.01. The minimum Gasteiger partial charge on any atom is -0.379 e. The maximum absolute atomic E-state index is 5.47. The predicted octanol–water partition coefficient (Wildman–Crippen LogP) is 2.62. The van der Waals surface area contributed by atoms with Crippen molar-refractivity contribution in [3.8, 4) is 0 Å².